The molecule has 154 valence electrons. The highest BCUT2D eigenvalue weighted by atomic mass is 32.2. The van der Waals surface area contributed by atoms with Gasteiger partial charge in [-0.15, -0.1) is 10.2 Å². The highest BCUT2D eigenvalue weighted by Gasteiger charge is 2.18. The van der Waals surface area contributed by atoms with Gasteiger partial charge in [0.15, 0.2) is 11.0 Å². The van der Waals surface area contributed by atoms with Gasteiger partial charge in [-0.3, -0.25) is 4.57 Å². The fourth-order valence-electron chi connectivity index (χ4n) is 3.38. The molecule has 0 bridgehead atoms. The van der Waals surface area contributed by atoms with Gasteiger partial charge in [0, 0.05) is 28.8 Å². The summed E-state index contributed by atoms with van der Waals surface area (Å²) in [6, 6.07) is 15.4. The summed E-state index contributed by atoms with van der Waals surface area (Å²) >= 11 is 1.56. The Hall–Kier alpha value is -3.06. The summed E-state index contributed by atoms with van der Waals surface area (Å²) in [7, 11) is 1.65. The maximum absolute atomic E-state index is 12.0. The molecule has 7 heteroatoms. The second kappa shape index (κ2) is 8.36. The molecule has 0 aliphatic rings. The average molecular weight is 422 g/mol. The summed E-state index contributed by atoms with van der Waals surface area (Å²) in [5, 5.41) is 10.6. The molecule has 4 rings (SSSR count). The molecule has 2 heterocycles. The molecule has 0 aliphatic carbocycles. The molecule has 6 nitrogen and oxygen atoms in total. The van der Waals surface area contributed by atoms with Crippen molar-refractivity contribution in [3.8, 4) is 17.1 Å². The van der Waals surface area contributed by atoms with Crippen molar-refractivity contribution in [2.75, 3.05) is 7.11 Å². The molecule has 2 aromatic heterocycles. The average Bonchev–Trinajstić information content (AvgIpc) is 3.16. The quantitative estimate of drug-likeness (QED) is 0.313. The van der Waals surface area contributed by atoms with Crippen molar-refractivity contribution < 1.29 is 9.15 Å². The van der Waals surface area contributed by atoms with Crippen molar-refractivity contribution in [3.63, 3.8) is 0 Å². The summed E-state index contributed by atoms with van der Waals surface area (Å²) in [6.07, 6.45) is 0. The standard InChI is InChI=1S/C23H23N3O3S/c1-14(2)26-22(16-6-8-18(28-4)9-7-16)24-25-23(26)30-13-17-12-21(27)29-20-11-15(3)5-10-19(17)20/h5-12,14H,13H2,1-4H3. The van der Waals surface area contributed by atoms with Crippen molar-refractivity contribution >= 4 is 22.7 Å². The third kappa shape index (κ3) is 3.98. The first kappa shape index (κ1) is 20.2. The lowest BCUT2D eigenvalue weighted by Crippen LogP contribution is -2.05. The van der Waals surface area contributed by atoms with E-state index in [-0.39, 0.29) is 11.7 Å². The minimum Gasteiger partial charge on any atom is -0.497 e. The lowest BCUT2D eigenvalue weighted by atomic mass is 10.1. The molecular formula is C23H23N3O3S. The lowest BCUT2D eigenvalue weighted by molar-refractivity contribution is 0.415. The van der Waals surface area contributed by atoms with Gasteiger partial charge >= 0.3 is 5.63 Å². The second-order valence-electron chi connectivity index (χ2n) is 7.38. The van der Waals surface area contributed by atoms with Gasteiger partial charge in [0.25, 0.3) is 0 Å². The molecule has 0 amide bonds. The van der Waals surface area contributed by atoms with Crippen molar-refractivity contribution in [3.05, 3.63) is 70.1 Å². The van der Waals surface area contributed by atoms with E-state index in [1.165, 1.54) is 0 Å². The molecule has 4 aromatic rings. The molecule has 2 aromatic carbocycles. The number of rotatable bonds is 6. The van der Waals surface area contributed by atoms with E-state index in [1.807, 2.05) is 49.4 Å². The third-order valence-electron chi connectivity index (χ3n) is 4.87. The molecule has 0 radical (unpaired) electrons. The van der Waals surface area contributed by atoms with Crippen LogP contribution in [-0.2, 0) is 5.75 Å². The maximum atomic E-state index is 12.0. The van der Waals surface area contributed by atoms with Crippen molar-refractivity contribution in [1.82, 2.24) is 14.8 Å². The fraction of sp³-hybridized carbons (Fsp3) is 0.261. The zero-order valence-electron chi connectivity index (χ0n) is 17.4. The van der Waals surface area contributed by atoms with Crippen LogP contribution in [0.2, 0.25) is 0 Å². The van der Waals surface area contributed by atoms with Gasteiger partial charge in [-0.1, -0.05) is 23.9 Å². The zero-order valence-corrected chi connectivity index (χ0v) is 18.2. The van der Waals surface area contributed by atoms with Crippen molar-refractivity contribution in [1.29, 1.82) is 0 Å². The predicted octanol–water partition coefficient (Wildman–Crippen LogP) is 5.24. The van der Waals surface area contributed by atoms with Crippen LogP contribution in [0.4, 0.5) is 0 Å². The number of aryl methyl sites for hydroxylation is 1. The monoisotopic (exact) mass is 421 g/mol. The molecule has 0 fully saturated rings. The fourth-order valence-corrected chi connectivity index (χ4v) is 4.44. The second-order valence-corrected chi connectivity index (χ2v) is 8.32. The number of aromatic nitrogens is 3. The number of hydrogen-bond donors (Lipinski definition) is 0. The van der Waals surface area contributed by atoms with Crippen LogP contribution in [0.1, 0.15) is 31.0 Å². The molecule has 0 atom stereocenters. The third-order valence-corrected chi connectivity index (χ3v) is 5.86. The zero-order chi connectivity index (χ0) is 21.3. The van der Waals surface area contributed by atoms with Gasteiger partial charge in [-0.05, 0) is 62.2 Å². The Kier molecular flexibility index (Phi) is 5.63. The molecule has 0 unspecified atom stereocenters. The van der Waals surface area contributed by atoms with E-state index < -0.39 is 0 Å². The summed E-state index contributed by atoms with van der Waals surface area (Å²) in [6.45, 7) is 6.19. The van der Waals surface area contributed by atoms with E-state index >= 15 is 0 Å². The molecule has 0 saturated heterocycles. The largest absolute Gasteiger partial charge is 0.497 e. The van der Waals surface area contributed by atoms with Gasteiger partial charge in [-0.2, -0.15) is 0 Å². The number of fused-ring (bicyclic) bond motifs is 1. The van der Waals surface area contributed by atoms with Gasteiger partial charge in [0.1, 0.15) is 11.3 Å². The van der Waals surface area contributed by atoms with Crippen LogP contribution in [0.5, 0.6) is 5.75 Å². The minimum atomic E-state index is -0.340. The van der Waals surface area contributed by atoms with E-state index in [9.17, 15) is 4.79 Å². The van der Waals surface area contributed by atoms with Crippen molar-refractivity contribution in [2.45, 2.75) is 37.7 Å². The van der Waals surface area contributed by atoms with Crippen molar-refractivity contribution in [2.24, 2.45) is 0 Å². The minimum absolute atomic E-state index is 0.180. The molecule has 0 spiro atoms. The summed E-state index contributed by atoms with van der Waals surface area (Å²) in [5.74, 6) is 2.20. The first-order valence-electron chi connectivity index (χ1n) is 9.72. The predicted molar refractivity (Wildman–Crippen MR) is 119 cm³/mol. The highest BCUT2D eigenvalue weighted by molar-refractivity contribution is 7.98. The first-order chi connectivity index (χ1) is 14.5. The van der Waals surface area contributed by atoms with Crippen LogP contribution >= 0.6 is 11.8 Å². The van der Waals surface area contributed by atoms with E-state index in [0.717, 1.165) is 38.8 Å². The summed E-state index contributed by atoms with van der Waals surface area (Å²) in [4.78, 5) is 12.0. The lowest BCUT2D eigenvalue weighted by Gasteiger charge is -2.14. The highest BCUT2D eigenvalue weighted by Crippen LogP contribution is 2.31. The van der Waals surface area contributed by atoms with E-state index in [4.69, 9.17) is 9.15 Å². The topological polar surface area (TPSA) is 70.2 Å². The Morgan fingerprint density at radius 2 is 1.87 bits per heavy atom. The summed E-state index contributed by atoms with van der Waals surface area (Å²) in [5.41, 5.74) is 3.23. The normalized spacial score (nSPS) is 11.4. The van der Waals surface area contributed by atoms with Gasteiger partial charge < -0.3 is 9.15 Å². The van der Waals surface area contributed by atoms with E-state index in [1.54, 1.807) is 24.9 Å². The van der Waals surface area contributed by atoms with Crippen LogP contribution in [0.3, 0.4) is 0 Å². The number of thioether (sulfide) groups is 1. The Labute approximate surface area is 178 Å². The van der Waals surface area contributed by atoms with Gasteiger partial charge in [-0.25, -0.2) is 4.79 Å². The molecule has 0 saturated carbocycles. The summed E-state index contributed by atoms with van der Waals surface area (Å²) < 4.78 is 12.7. The van der Waals surface area contributed by atoms with Crippen LogP contribution in [0.25, 0.3) is 22.4 Å². The van der Waals surface area contributed by atoms with Crippen LogP contribution in [0.15, 0.2) is 62.9 Å². The molecule has 0 N–H and O–H groups in total. The number of ether oxygens (including phenoxy) is 1. The Morgan fingerprint density at radius 3 is 2.57 bits per heavy atom. The number of methoxy groups -OCH3 is 1. The Morgan fingerprint density at radius 1 is 1.10 bits per heavy atom. The van der Waals surface area contributed by atoms with Gasteiger partial charge in [0.2, 0.25) is 0 Å². The van der Waals surface area contributed by atoms with E-state index in [2.05, 4.69) is 28.6 Å². The maximum Gasteiger partial charge on any atom is 0.336 e. The number of nitrogens with zero attached hydrogens (tertiary/aromatic N) is 3. The Balaban J connectivity index is 1.67. The smallest absolute Gasteiger partial charge is 0.336 e. The molecular weight excluding hydrogens is 398 g/mol. The SMILES string of the molecule is COc1ccc(-c2nnc(SCc3cc(=O)oc4cc(C)ccc34)n2C(C)C)cc1. The number of benzene rings is 2. The molecule has 30 heavy (non-hydrogen) atoms. The van der Waals surface area contributed by atoms with Crippen LogP contribution < -0.4 is 10.4 Å². The van der Waals surface area contributed by atoms with Crippen LogP contribution in [-0.4, -0.2) is 21.9 Å². The number of hydrogen-bond acceptors (Lipinski definition) is 6. The molecule has 0 aliphatic heterocycles. The first-order valence-corrected chi connectivity index (χ1v) is 10.7. The van der Waals surface area contributed by atoms with Crippen LogP contribution in [0, 0.1) is 6.92 Å². The van der Waals surface area contributed by atoms with E-state index in [0.29, 0.717) is 11.3 Å². The van der Waals surface area contributed by atoms with Gasteiger partial charge in [0.05, 0.1) is 7.11 Å². The Bertz CT molecular complexity index is 1240.